The number of rotatable bonds is 10. The van der Waals surface area contributed by atoms with E-state index in [0.717, 1.165) is 56.4 Å². The molecular formula is C30H52N2O4. The maximum atomic E-state index is 13.3. The molecule has 1 saturated heterocycles. The number of fused-ring (bicyclic) bond motifs is 5. The molecule has 1 heterocycles. The van der Waals surface area contributed by atoms with Gasteiger partial charge in [-0.05, 0) is 99.2 Å². The molecule has 6 heteroatoms. The first-order valence-electron chi connectivity index (χ1n) is 15.0. The number of likely N-dealkylation sites (tertiary alicyclic amines) is 1. The monoisotopic (exact) mass is 504 g/mol. The fourth-order valence-corrected chi connectivity index (χ4v) is 10.0. The standard InChI is InChI=1S/C30H52N2O4/c1-21(10-15-27(33)31-19-7-5-6-9-28(34)35)23-12-13-24-22-11-14-26-30(3,17-8-20-32(26,4)36)25(22)16-18-29(23,24)2/h21-26H,5-20H2,1-4H3,(H,31,33)(H,34,35)/t21-,22+,23-,24+,25+,26-,29-,30-,32?/m1/s1. The Labute approximate surface area is 219 Å². The van der Waals surface area contributed by atoms with Crippen molar-refractivity contribution in [2.45, 2.75) is 117 Å². The minimum absolute atomic E-state index is 0.00822. The van der Waals surface area contributed by atoms with E-state index in [2.05, 4.69) is 26.1 Å². The van der Waals surface area contributed by atoms with Crippen molar-refractivity contribution in [3.05, 3.63) is 5.21 Å². The maximum Gasteiger partial charge on any atom is 0.303 e. The third-order valence-electron chi connectivity index (χ3n) is 11.8. The Balaban J connectivity index is 1.29. The van der Waals surface area contributed by atoms with Crippen molar-refractivity contribution in [1.82, 2.24) is 5.32 Å². The van der Waals surface area contributed by atoms with Crippen molar-refractivity contribution >= 4 is 11.9 Å². The molecule has 3 aliphatic carbocycles. The van der Waals surface area contributed by atoms with Gasteiger partial charge in [0.2, 0.25) is 5.91 Å². The van der Waals surface area contributed by atoms with Crippen molar-refractivity contribution < 1.29 is 19.3 Å². The molecule has 0 aromatic rings. The van der Waals surface area contributed by atoms with Crippen LogP contribution in [0.3, 0.4) is 0 Å². The molecule has 4 fully saturated rings. The molecule has 0 aromatic heterocycles. The number of hydroxylamine groups is 3. The van der Waals surface area contributed by atoms with E-state index < -0.39 is 5.97 Å². The number of aliphatic carboxylic acids is 1. The van der Waals surface area contributed by atoms with Crippen LogP contribution in [0.15, 0.2) is 0 Å². The molecule has 4 rings (SSSR count). The van der Waals surface area contributed by atoms with Crippen LogP contribution in [0.1, 0.15) is 111 Å². The van der Waals surface area contributed by atoms with E-state index in [9.17, 15) is 14.8 Å². The van der Waals surface area contributed by atoms with Crippen LogP contribution in [0.5, 0.6) is 0 Å². The van der Waals surface area contributed by atoms with Gasteiger partial charge in [-0.25, -0.2) is 0 Å². The van der Waals surface area contributed by atoms with Crippen LogP contribution in [0.25, 0.3) is 0 Å². The Morgan fingerprint density at radius 1 is 1.00 bits per heavy atom. The molecule has 9 atom stereocenters. The topological polar surface area (TPSA) is 89.5 Å². The molecule has 6 nitrogen and oxygen atoms in total. The maximum absolute atomic E-state index is 13.3. The molecule has 1 unspecified atom stereocenters. The van der Waals surface area contributed by atoms with Gasteiger partial charge in [0.1, 0.15) is 0 Å². The number of nitrogens with one attached hydrogen (secondary N) is 1. The zero-order chi connectivity index (χ0) is 26.1. The largest absolute Gasteiger partial charge is 0.633 e. The highest BCUT2D eigenvalue weighted by atomic mass is 16.5. The fourth-order valence-electron chi connectivity index (χ4n) is 10.0. The van der Waals surface area contributed by atoms with Crippen LogP contribution in [-0.4, -0.2) is 47.8 Å². The summed E-state index contributed by atoms with van der Waals surface area (Å²) in [5, 5.41) is 25.1. The number of carboxylic acid groups (broad SMARTS) is 1. The molecule has 1 aliphatic heterocycles. The zero-order valence-corrected chi connectivity index (χ0v) is 23.4. The van der Waals surface area contributed by atoms with E-state index in [1.807, 2.05) is 7.05 Å². The number of amides is 1. The number of carbonyl (C=O) groups excluding carboxylic acids is 1. The van der Waals surface area contributed by atoms with Gasteiger partial charge >= 0.3 is 5.97 Å². The summed E-state index contributed by atoms with van der Waals surface area (Å²) in [6.07, 6.45) is 14.0. The first kappa shape index (κ1) is 27.9. The highest BCUT2D eigenvalue weighted by molar-refractivity contribution is 5.75. The van der Waals surface area contributed by atoms with Gasteiger partial charge in [-0.3, -0.25) is 9.59 Å². The van der Waals surface area contributed by atoms with Gasteiger partial charge in [0.05, 0.1) is 19.6 Å². The molecule has 0 bridgehead atoms. The van der Waals surface area contributed by atoms with E-state index in [1.54, 1.807) is 0 Å². The van der Waals surface area contributed by atoms with Gasteiger partial charge in [0, 0.05) is 31.2 Å². The summed E-state index contributed by atoms with van der Waals surface area (Å²) in [6, 6.07) is 0.295. The van der Waals surface area contributed by atoms with Gasteiger partial charge in [-0.2, -0.15) is 0 Å². The summed E-state index contributed by atoms with van der Waals surface area (Å²) in [4.78, 5) is 23.0. The Morgan fingerprint density at radius 2 is 1.75 bits per heavy atom. The number of nitrogens with zero attached hydrogens (tertiary/aromatic N) is 1. The Hall–Kier alpha value is -1.14. The first-order chi connectivity index (χ1) is 17.0. The third kappa shape index (κ3) is 5.36. The van der Waals surface area contributed by atoms with Crippen LogP contribution in [0.4, 0.5) is 0 Å². The van der Waals surface area contributed by atoms with E-state index in [-0.39, 0.29) is 22.4 Å². The summed E-state index contributed by atoms with van der Waals surface area (Å²) in [7, 11) is 1.94. The normalized spacial score (nSPS) is 42.6. The van der Waals surface area contributed by atoms with Gasteiger partial charge in [-0.15, -0.1) is 0 Å². The summed E-state index contributed by atoms with van der Waals surface area (Å²) in [5.41, 5.74) is 0.600. The fraction of sp³-hybridized carbons (Fsp3) is 0.933. The van der Waals surface area contributed by atoms with Crippen LogP contribution in [-0.2, 0) is 9.59 Å². The number of piperidine rings is 1. The summed E-state index contributed by atoms with van der Waals surface area (Å²) in [5.74, 6) is 2.94. The average Bonchev–Trinajstić information content (AvgIpc) is 3.16. The van der Waals surface area contributed by atoms with Gasteiger partial charge in [0.25, 0.3) is 0 Å². The lowest BCUT2D eigenvalue weighted by Crippen LogP contribution is -2.65. The minimum Gasteiger partial charge on any atom is -0.633 e. The van der Waals surface area contributed by atoms with Crippen LogP contribution < -0.4 is 5.32 Å². The molecule has 0 spiro atoms. The molecule has 4 aliphatic rings. The summed E-state index contributed by atoms with van der Waals surface area (Å²) in [6.45, 7) is 8.88. The first-order valence-corrected chi connectivity index (χ1v) is 15.0. The molecule has 36 heavy (non-hydrogen) atoms. The van der Waals surface area contributed by atoms with E-state index in [1.165, 1.54) is 38.5 Å². The quantitative estimate of drug-likeness (QED) is 0.213. The molecule has 0 aromatic carbocycles. The van der Waals surface area contributed by atoms with Gasteiger partial charge < -0.3 is 20.3 Å². The molecular weight excluding hydrogens is 452 g/mol. The Kier molecular flexibility index (Phi) is 8.46. The SMILES string of the molecule is C[C@H](CCC(=O)NCCCCCC(=O)O)[C@H]1CC[C@H]2[C@@H]3CC[C@@H]4[C@](C)(CCC[N+]4(C)[O-])[C@H]3CC[C@]12C. The van der Waals surface area contributed by atoms with Crippen molar-refractivity contribution in [1.29, 1.82) is 0 Å². The van der Waals surface area contributed by atoms with E-state index in [0.29, 0.717) is 42.7 Å². The molecule has 0 radical (unpaired) electrons. The lowest BCUT2D eigenvalue weighted by atomic mass is 9.46. The lowest BCUT2D eigenvalue weighted by molar-refractivity contribution is -0.903. The third-order valence-corrected chi connectivity index (χ3v) is 11.8. The summed E-state index contributed by atoms with van der Waals surface area (Å²) >= 11 is 0. The predicted octanol–water partition coefficient (Wildman–Crippen LogP) is 6.13. The van der Waals surface area contributed by atoms with Crippen LogP contribution in [0.2, 0.25) is 0 Å². The Bertz CT molecular complexity index is 800. The molecule has 1 amide bonds. The van der Waals surface area contributed by atoms with E-state index in [4.69, 9.17) is 5.11 Å². The lowest BCUT2D eigenvalue weighted by Gasteiger charge is -2.65. The average molecular weight is 505 g/mol. The van der Waals surface area contributed by atoms with Crippen LogP contribution in [0, 0.1) is 45.6 Å². The number of hydrogen-bond acceptors (Lipinski definition) is 3. The second-order valence-electron chi connectivity index (χ2n) is 13.8. The smallest absolute Gasteiger partial charge is 0.303 e. The highest BCUT2D eigenvalue weighted by Gasteiger charge is 2.62. The van der Waals surface area contributed by atoms with Crippen molar-refractivity contribution in [2.75, 3.05) is 20.1 Å². The number of hydrogen-bond donors (Lipinski definition) is 2. The molecule has 3 saturated carbocycles. The number of carboxylic acids is 1. The van der Waals surface area contributed by atoms with Crippen molar-refractivity contribution in [2.24, 2.45) is 40.4 Å². The molecule has 206 valence electrons. The summed E-state index contributed by atoms with van der Waals surface area (Å²) < 4.78 is -0.00822. The van der Waals surface area contributed by atoms with Crippen LogP contribution >= 0.6 is 0 Å². The molecule has 2 N–H and O–H groups in total. The van der Waals surface area contributed by atoms with Gasteiger partial charge in [0.15, 0.2) is 0 Å². The zero-order valence-electron chi connectivity index (χ0n) is 23.4. The number of unbranched alkanes of at least 4 members (excludes halogenated alkanes) is 2. The van der Waals surface area contributed by atoms with Crippen molar-refractivity contribution in [3.63, 3.8) is 0 Å². The van der Waals surface area contributed by atoms with E-state index >= 15 is 0 Å². The van der Waals surface area contributed by atoms with Gasteiger partial charge in [-0.1, -0.05) is 27.2 Å². The number of carbonyl (C=O) groups is 2. The predicted molar refractivity (Wildman–Crippen MR) is 143 cm³/mol. The highest BCUT2D eigenvalue weighted by Crippen LogP contribution is 2.67. The second kappa shape index (κ2) is 10.9. The van der Waals surface area contributed by atoms with Crippen molar-refractivity contribution in [3.8, 4) is 0 Å². The number of quaternary nitrogens is 1. The minimum atomic E-state index is -0.745. The Morgan fingerprint density at radius 3 is 2.50 bits per heavy atom. The second-order valence-corrected chi connectivity index (χ2v) is 13.8.